The van der Waals surface area contributed by atoms with Crippen molar-refractivity contribution < 1.29 is 9.59 Å². The molecule has 0 aliphatic rings. The SMILES string of the molecule is CCN(CC)C(=O)c1nc(C(=O)Nc2c(C)cc(C)cc2Cl)c2ccccn12. The Labute approximate surface area is 169 Å². The highest BCUT2D eigenvalue weighted by Gasteiger charge is 2.24. The average Bonchev–Trinajstić information content (AvgIpc) is 3.05. The van der Waals surface area contributed by atoms with Gasteiger partial charge in [0.05, 0.1) is 16.2 Å². The third kappa shape index (κ3) is 3.60. The fraction of sp³-hybridized carbons (Fsp3) is 0.286. The number of amides is 2. The molecular formula is C21H23ClN4O2. The molecule has 0 spiro atoms. The molecule has 146 valence electrons. The van der Waals surface area contributed by atoms with Gasteiger partial charge in [-0.05, 0) is 57.0 Å². The predicted molar refractivity (Wildman–Crippen MR) is 111 cm³/mol. The first-order valence-corrected chi connectivity index (χ1v) is 9.59. The van der Waals surface area contributed by atoms with Crippen molar-refractivity contribution in [2.24, 2.45) is 0 Å². The minimum atomic E-state index is -0.406. The fourth-order valence-corrected chi connectivity index (χ4v) is 3.62. The minimum Gasteiger partial charge on any atom is -0.337 e. The number of halogens is 1. The average molecular weight is 399 g/mol. The summed E-state index contributed by atoms with van der Waals surface area (Å²) >= 11 is 6.32. The zero-order valence-corrected chi connectivity index (χ0v) is 17.2. The van der Waals surface area contributed by atoms with Crippen molar-refractivity contribution in [1.29, 1.82) is 0 Å². The van der Waals surface area contributed by atoms with E-state index in [0.717, 1.165) is 11.1 Å². The molecule has 0 saturated carbocycles. The van der Waals surface area contributed by atoms with Crippen molar-refractivity contribution in [3.8, 4) is 0 Å². The van der Waals surface area contributed by atoms with E-state index in [1.54, 1.807) is 33.7 Å². The number of nitrogens with zero attached hydrogens (tertiary/aromatic N) is 3. The lowest BCUT2D eigenvalue weighted by atomic mass is 10.1. The molecule has 2 aromatic heterocycles. The summed E-state index contributed by atoms with van der Waals surface area (Å²) in [6.07, 6.45) is 1.74. The molecular weight excluding hydrogens is 376 g/mol. The van der Waals surface area contributed by atoms with Crippen LogP contribution in [0.15, 0.2) is 36.5 Å². The van der Waals surface area contributed by atoms with Gasteiger partial charge in [-0.2, -0.15) is 0 Å². The topological polar surface area (TPSA) is 66.7 Å². The number of benzene rings is 1. The van der Waals surface area contributed by atoms with Crippen LogP contribution in [-0.4, -0.2) is 39.2 Å². The number of hydrogen-bond donors (Lipinski definition) is 1. The van der Waals surface area contributed by atoms with E-state index in [4.69, 9.17) is 11.6 Å². The molecule has 0 aliphatic carbocycles. The summed E-state index contributed by atoms with van der Waals surface area (Å²) < 4.78 is 1.65. The first kappa shape index (κ1) is 19.9. The van der Waals surface area contributed by atoms with Crippen LogP contribution in [-0.2, 0) is 0 Å². The van der Waals surface area contributed by atoms with Gasteiger partial charge < -0.3 is 10.2 Å². The van der Waals surface area contributed by atoms with Gasteiger partial charge >= 0.3 is 0 Å². The standard InChI is InChI=1S/C21H23ClN4O2/c1-5-25(6-2)21(28)19-23-18(16-9-7-8-10-26(16)19)20(27)24-17-14(4)11-13(3)12-15(17)22/h7-12H,5-6H2,1-4H3,(H,24,27). The fourth-order valence-electron chi connectivity index (χ4n) is 3.25. The number of aromatic nitrogens is 2. The van der Waals surface area contributed by atoms with Crippen molar-refractivity contribution in [3.05, 3.63) is 64.2 Å². The molecule has 1 N–H and O–H groups in total. The van der Waals surface area contributed by atoms with Gasteiger partial charge in [0, 0.05) is 19.3 Å². The predicted octanol–water partition coefficient (Wildman–Crippen LogP) is 4.34. The first-order valence-electron chi connectivity index (χ1n) is 9.21. The van der Waals surface area contributed by atoms with Gasteiger partial charge in [-0.15, -0.1) is 0 Å². The van der Waals surface area contributed by atoms with E-state index >= 15 is 0 Å². The van der Waals surface area contributed by atoms with E-state index in [0.29, 0.717) is 29.3 Å². The molecule has 0 saturated heterocycles. The smallest absolute Gasteiger partial charge is 0.290 e. The lowest BCUT2D eigenvalue weighted by molar-refractivity contribution is 0.0760. The summed E-state index contributed by atoms with van der Waals surface area (Å²) in [7, 11) is 0. The maximum Gasteiger partial charge on any atom is 0.290 e. The van der Waals surface area contributed by atoms with Gasteiger partial charge in [0.15, 0.2) is 5.69 Å². The normalized spacial score (nSPS) is 10.9. The Morgan fingerprint density at radius 2 is 1.89 bits per heavy atom. The Bertz CT molecular complexity index is 1030. The van der Waals surface area contributed by atoms with E-state index in [-0.39, 0.29) is 17.4 Å². The van der Waals surface area contributed by atoms with Crippen LogP contribution in [0.3, 0.4) is 0 Å². The molecule has 0 bridgehead atoms. The van der Waals surface area contributed by atoms with E-state index in [2.05, 4.69) is 10.3 Å². The molecule has 1 aromatic carbocycles. The minimum absolute atomic E-state index is 0.187. The summed E-state index contributed by atoms with van der Waals surface area (Å²) in [5.74, 6) is -0.401. The quantitative estimate of drug-likeness (QED) is 0.695. The van der Waals surface area contributed by atoms with E-state index in [1.807, 2.05) is 39.8 Å². The number of carbonyl (C=O) groups is 2. The van der Waals surface area contributed by atoms with Crippen molar-refractivity contribution in [2.75, 3.05) is 18.4 Å². The van der Waals surface area contributed by atoms with Crippen molar-refractivity contribution in [1.82, 2.24) is 14.3 Å². The van der Waals surface area contributed by atoms with Gasteiger partial charge in [0.25, 0.3) is 11.8 Å². The van der Waals surface area contributed by atoms with E-state index in [1.165, 1.54) is 0 Å². The number of anilines is 1. The summed E-state index contributed by atoms with van der Waals surface area (Å²) in [5, 5.41) is 3.32. The Kier molecular flexibility index (Phi) is 5.70. The number of aryl methyl sites for hydroxylation is 2. The second-order valence-corrected chi connectivity index (χ2v) is 7.02. The van der Waals surface area contributed by atoms with Crippen molar-refractivity contribution >= 4 is 34.6 Å². The summed E-state index contributed by atoms with van der Waals surface area (Å²) in [6, 6.07) is 9.12. The number of pyridine rings is 1. The summed E-state index contributed by atoms with van der Waals surface area (Å²) in [5.41, 5.74) is 3.18. The lowest BCUT2D eigenvalue weighted by Crippen LogP contribution is -2.32. The molecule has 0 fully saturated rings. The maximum atomic E-state index is 13.0. The first-order chi connectivity index (χ1) is 13.4. The Morgan fingerprint density at radius 1 is 1.18 bits per heavy atom. The lowest BCUT2D eigenvalue weighted by Gasteiger charge is -2.17. The van der Waals surface area contributed by atoms with Crippen LogP contribution in [0.5, 0.6) is 0 Å². The van der Waals surface area contributed by atoms with E-state index in [9.17, 15) is 9.59 Å². The molecule has 7 heteroatoms. The molecule has 28 heavy (non-hydrogen) atoms. The molecule has 0 aliphatic heterocycles. The third-order valence-corrected chi connectivity index (χ3v) is 4.97. The summed E-state index contributed by atoms with van der Waals surface area (Å²) in [4.78, 5) is 31.9. The zero-order chi connectivity index (χ0) is 20.4. The highest BCUT2D eigenvalue weighted by atomic mass is 35.5. The molecule has 0 atom stereocenters. The van der Waals surface area contributed by atoms with Crippen molar-refractivity contribution in [2.45, 2.75) is 27.7 Å². The molecule has 2 heterocycles. The maximum absolute atomic E-state index is 13.0. The Morgan fingerprint density at radius 3 is 2.54 bits per heavy atom. The van der Waals surface area contributed by atoms with Crippen LogP contribution in [0, 0.1) is 13.8 Å². The summed E-state index contributed by atoms with van der Waals surface area (Å²) in [6.45, 7) is 8.78. The van der Waals surface area contributed by atoms with Crippen molar-refractivity contribution in [3.63, 3.8) is 0 Å². The number of imidazole rings is 1. The van der Waals surface area contributed by atoms with Crippen LogP contribution < -0.4 is 5.32 Å². The largest absolute Gasteiger partial charge is 0.337 e. The second-order valence-electron chi connectivity index (χ2n) is 6.61. The highest BCUT2D eigenvalue weighted by molar-refractivity contribution is 6.34. The second kappa shape index (κ2) is 8.02. The van der Waals surface area contributed by atoms with Gasteiger partial charge in [-0.25, -0.2) is 4.98 Å². The van der Waals surface area contributed by atoms with Crippen LogP contribution in [0.2, 0.25) is 5.02 Å². The number of hydrogen-bond acceptors (Lipinski definition) is 3. The highest BCUT2D eigenvalue weighted by Crippen LogP contribution is 2.28. The number of nitrogens with one attached hydrogen (secondary N) is 1. The van der Waals surface area contributed by atoms with Gasteiger partial charge in [0.1, 0.15) is 0 Å². The van der Waals surface area contributed by atoms with Gasteiger partial charge in [-0.3, -0.25) is 14.0 Å². The monoisotopic (exact) mass is 398 g/mol. The third-order valence-electron chi connectivity index (χ3n) is 4.68. The molecule has 0 radical (unpaired) electrons. The van der Waals surface area contributed by atoms with Crippen LogP contribution in [0.1, 0.15) is 46.1 Å². The molecule has 6 nitrogen and oxygen atoms in total. The van der Waals surface area contributed by atoms with E-state index < -0.39 is 5.91 Å². The van der Waals surface area contributed by atoms with Crippen LogP contribution in [0.25, 0.3) is 5.52 Å². The molecule has 0 unspecified atom stereocenters. The van der Waals surface area contributed by atoms with Crippen LogP contribution in [0.4, 0.5) is 5.69 Å². The number of fused-ring (bicyclic) bond motifs is 1. The Balaban J connectivity index is 2.04. The van der Waals surface area contributed by atoms with Crippen LogP contribution >= 0.6 is 11.6 Å². The molecule has 3 aromatic rings. The zero-order valence-electron chi connectivity index (χ0n) is 16.4. The number of carbonyl (C=O) groups excluding carboxylic acids is 2. The van der Waals surface area contributed by atoms with Gasteiger partial charge in [0.2, 0.25) is 5.82 Å². The molecule has 3 rings (SSSR count). The number of rotatable bonds is 5. The molecule has 2 amide bonds. The Hall–Kier alpha value is -2.86. The van der Waals surface area contributed by atoms with Gasteiger partial charge in [-0.1, -0.05) is 23.7 Å².